The van der Waals surface area contributed by atoms with Gasteiger partial charge in [0, 0.05) is 12.1 Å². The van der Waals surface area contributed by atoms with Gasteiger partial charge in [0.2, 0.25) is 0 Å². The van der Waals surface area contributed by atoms with E-state index in [1.807, 2.05) is 30.3 Å². The lowest BCUT2D eigenvalue weighted by Gasteiger charge is -2.00. The van der Waals surface area contributed by atoms with Crippen LogP contribution in [0.3, 0.4) is 0 Å². The maximum absolute atomic E-state index is 11.7. The van der Waals surface area contributed by atoms with Gasteiger partial charge in [-0.05, 0) is 23.8 Å². The van der Waals surface area contributed by atoms with Crippen LogP contribution in [0.25, 0.3) is 16.4 Å². The highest BCUT2D eigenvalue weighted by atomic mass is 32.1. The van der Waals surface area contributed by atoms with Crippen LogP contribution in [-0.4, -0.2) is 5.97 Å². The number of ether oxygens (including phenoxy) is 1. The lowest BCUT2D eigenvalue weighted by molar-refractivity contribution is -0.128. The van der Waals surface area contributed by atoms with Gasteiger partial charge in [-0.1, -0.05) is 41.7 Å². The van der Waals surface area contributed by atoms with Crippen LogP contribution in [0.4, 0.5) is 0 Å². The largest absolute Gasteiger partial charge is 0.423 e. The average Bonchev–Trinajstić information content (AvgIpc) is 2.85. The summed E-state index contributed by atoms with van der Waals surface area (Å²) in [7, 11) is 0. The first kappa shape index (κ1) is 13.3. The van der Waals surface area contributed by atoms with Crippen LogP contribution in [0.2, 0.25) is 0 Å². The Labute approximate surface area is 123 Å². The topological polar surface area (TPSA) is 56.5 Å². The molecule has 104 valence electrons. The first-order valence-electron chi connectivity index (χ1n) is 6.19. The Morgan fingerprint density at radius 2 is 1.95 bits per heavy atom. The van der Waals surface area contributed by atoms with E-state index in [1.165, 1.54) is 6.08 Å². The smallest absolute Gasteiger partial charge is 0.396 e. The maximum atomic E-state index is 11.7. The molecule has 4 nitrogen and oxygen atoms in total. The summed E-state index contributed by atoms with van der Waals surface area (Å²) < 4.78 is 10.8. The van der Waals surface area contributed by atoms with Crippen molar-refractivity contribution in [2.24, 2.45) is 0 Å². The first-order valence-corrected chi connectivity index (χ1v) is 7.01. The van der Waals surface area contributed by atoms with Gasteiger partial charge < -0.3 is 9.15 Å². The molecule has 5 heteroatoms. The fraction of sp³-hybridized carbons (Fsp3) is 0. The number of rotatable bonds is 3. The molecule has 0 radical (unpaired) electrons. The van der Waals surface area contributed by atoms with Gasteiger partial charge >= 0.3 is 10.9 Å². The van der Waals surface area contributed by atoms with Crippen molar-refractivity contribution in [3.63, 3.8) is 0 Å². The zero-order valence-electron chi connectivity index (χ0n) is 10.8. The minimum atomic E-state index is -0.478. The number of benzene rings is 2. The van der Waals surface area contributed by atoms with Gasteiger partial charge in [-0.15, -0.1) is 0 Å². The number of hydrogen-bond acceptors (Lipinski definition) is 5. The van der Waals surface area contributed by atoms with Gasteiger partial charge in [0.25, 0.3) is 0 Å². The van der Waals surface area contributed by atoms with Crippen LogP contribution in [0.1, 0.15) is 5.56 Å². The molecular formula is C16H10O4S. The predicted octanol–water partition coefficient (Wildman–Crippen LogP) is 3.47. The van der Waals surface area contributed by atoms with Crippen molar-refractivity contribution in [2.45, 2.75) is 0 Å². The van der Waals surface area contributed by atoms with Crippen LogP contribution < -0.4 is 9.68 Å². The normalized spacial score (nSPS) is 11.0. The lowest BCUT2D eigenvalue weighted by Crippen LogP contribution is -2.03. The van der Waals surface area contributed by atoms with Crippen molar-refractivity contribution in [3.05, 3.63) is 69.9 Å². The Balaban J connectivity index is 1.74. The Kier molecular flexibility index (Phi) is 3.66. The Morgan fingerprint density at radius 1 is 1.14 bits per heavy atom. The molecule has 0 fully saturated rings. The molecule has 3 rings (SSSR count). The van der Waals surface area contributed by atoms with Crippen molar-refractivity contribution in [1.82, 2.24) is 0 Å². The minimum Gasteiger partial charge on any atom is -0.423 e. The third-order valence-electron chi connectivity index (χ3n) is 2.73. The van der Waals surface area contributed by atoms with Crippen LogP contribution in [0.15, 0.2) is 63.8 Å². The van der Waals surface area contributed by atoms with Crippen molar-refractivity contribution in [3.8, 4) is 5.75 Å². The minimum absolute atomic E-state index is 0.377. The summed E-state index contributed by atoms with van der Waals surface area (Å²) in [5, 5.41) is 0. The van der Waals surface area contributed by atoms with E-state index in [4.69, 9.17) is 9.15 Å². The summed E-state index contributed by atoms with van der Waals surface area (Å²) >= 11 is 0.972. The van der Waals surface area contributed by atoms with Gasteiger partial charge in [-0.3, -0.25) is 0 Å². The number of carbonyl (C=O) groups excluding carboxylic acids is 1. The summed E-state index contributed by atoms with van der Waals surface area (Å²) in [6.07, 6.45) is 3.04. The SMILES string of the molecule is O=C(C=Cc1ccccc1)Oc1ccc2oc(=O)sc2c1. The van der Waals surface area contributed by atoms with Crippen molar-refractivity contribution >= 4 is 33.7 Å². The molecule has 0 aliphatic rings. The molecular weight excluding hydrogens is 288 g/mol. The standard InChI is InChI=1S/C16H10O4S/c17-15(9-6-11-4-2-1-3-5-11)19-12-7-8-13-14(10-12)21-16(18)20-13/h1-10H. The van der Waals surface area contributed by atoms with E-state index in [-0.39, 0.29) is 4.94 Å². The van der Waals surface area contributed by atoms with Gasteiger partial charge in [0.1, 0.15) is 11.3 Å². The number of hydrogen-bond donors (Lipinski definition) is 0. The van der Waals surface area contributed by atoms with Crippen molar-refractivity contribution in [1.29, 1.82) is 0 Å². The molecule has 3 aromatic rings. The van der Waals surface area contributed by atoms with Crippen LogP contribution in [0.5, 0.6) is 5.75 Å². The van der Waals surface area contributed by atoms with E-state index in [0.717, 1.165) is 16.9 Å². The molecule has 0 saturated heterocycles. The highest BCUT2D eigenvalue weighted by molar-refractivity contribution is 7.16. The summed E-state index contributed by atoms with van der Waals surface area (Å²) in [5.41, 5.74) is 1.41. The van der Waals surface area contributed by atoms with Crippen LogP contribution in [0, 0.1) is 0 Å². The number of fused-ring (bicyclic) bond motifs is 1. The highest BCUT2D eigenvalue weighted by Gasteiger charge is 2.06. The summed E-state index contributed by atoms with van der Waals surface area (Å²) in [6, 6.07) is 14.3. The molecule has 0 spiro atoms. The molecule has 0 N–H and O–H groups in total. The van der Waals surface area contributed by atoms with E-state index in [1.54, 1.807) is 24.3 Å². The van der Waals surface area contributed by atoms with E-state index < -0.39 is 5.97 Å². The number of esters is 1. The summed E-state index contributed by atoms with van der Waals surface area (Å²) in [5.74, 6) is -0.101. The third kappa shape index (κ3) is 3.27. The molecule has 0 aliphatic heterocycles. The lowest BCUT2D eigenvalue weighted by atomic mass is 10.2. The predicted molar refractivity (Wildman–Crippen MR) is 81.5 cm³/mol. The summed E-state index contributed by atoms with van der Waals surface area (Å²) in [6.45, 7) is 0. The van der Waals surface area contributed by atoms with Crippen LogP contribution >= 0.6 is 11.3 Å². The maximum Gasteiger partial charge on any atom is 0.396 e. The highest BCUT2D eigenvalue weighted by Crippen LogP contribution is 2.23. The molecule has 1 heterocycles. The molecule has 21 heavy (non-hydrogen) atoms. The molecule has 0 saturated carbocycles. The first-order chi connectivity index (χ1) is 10.2. The van der Waals surface area contributed by atoms with Gasteiger partial charge in [-0.2, -0.15) is 0 Å². The van der Waals surface area contributed by atoms with E-state index in [2.05, 4.69) is 0 Å². The third-order valence-corrected chi connectivity index (χ3v) is 3.52. The molecule has 2 aromatic carbocycles. The molecule has 0 bridgehead atoms. The second-order valence-electron chi connectivity index (χ2n) is 4.23. The zero-order valence-corrected chi connectivity index (χ0v) is 11.6. The quantitative estimate of drug-likeness (QED) is 0.422. The van der Waals surface area contributed by atoms with E-state index in [0.29, 0.717) is 16.0 Å². The summed E-state index contributed by atoms with van der Waals surface area (Å²) in [4.78, 5) is 22.5. The molecule has 0 atom stereocenters. The Bertz CT molecular complexity index is 859. The van der Waals surface area contributed by atoms with Gasteiger partial charge in [0.05, 0.1) is 4.70 Å². The van der Waals surface area contributed by atoms with Crippen LogP contribution in [-0.2, 0) is 4.79 Å². The van der Waals surface area contributed by atoms with Gasteiger partial charge in [-0.25, -0.2) is 9.59 Å². The van der Waals surface area contributed by atoms with Crippen molar-refractivity contribution in [2.75, 3.05) is 0 Å². The van der Waals surface area contributed by atoms with Gasteiger partial charge in [0.15, 0.2) is 0 Å². The molecule has 0 unspecified atom stereocenters. The second kappa shape index (κ2) is 5.76. The second-order valence-corrected chi connectivity index (χ2v) is 5.21. The monoisotopic (exact) mass is 298 g/mol. The Hall–Kier alpha value is -2.66. The fourth-order valence-corrected chi connectivity index (χ4v) is 2.49. The average molecular weight is 298 g/mol. The zero-order chi connectivity index (χ0) is 14.7. The molecule has 0 amide bonds. The Morgan fingerprint density at radius 3 is 2.76 bits per heavy atom. The molecule has 1 aromatic heterocycles. The van der Waals surface area contributed by atoms with Crippen molar-refractivity contribution < 1.29 is 13.9 Å². The molecule has 0 aliphatic carbocycles. The van der Waals surface area contributed by atoms with E-state index >= 15 is 0 Å². The number of carbonyl (C=O) groups is 1. The fourth-order valence-electron chi connectivity index (χ4n) is 1.79. The van der Waals surface area contributed by atoms with E-state index in [9.17, 15) is 9.59 Å².